The van der Waals surface area contributed by atoms with E-state index in [1.165, 1.54) is 13.2 Å². The molecule has 0 bridgehead atoms. The van der Waals surface area contributed by atoms with Crippen LogP contribution in [0.1, 0.15) is 17.5 Å². The third-order valence-electron chi connectivity index (χ3n) is 3.37. The topological polar surface area (TPSA) is 58.6 Å². The Hall–Kier alpha value is -1.91. The number of aryl methyl sites for hydroxylation is 1. The highest BCUT2D eigenvalue weighted by Crippen LogP contribution is 2.32. The molecule has 2 aromatic carbocycles. The van der Waals surface area contributed by atoms with Crippen LogP contribution < -0.4 is 10.1 Å². The van der Waals surface area contributed by atoms with Crippen LogP contribution in [-0.2, 0) is 17.8 Å². The zero-order valence-corrected chi connectivity index (χ0v) is 14.1. The summed E-state index contributed by atoms with van der Waals surface area (Å²) in [5.74, 6) is 0.238. The molecule has 2 rings (SSSR count). The number of phenolic OH excluding ortho intramolecular Hbond substituents is 1. The number of benzene rings is 2. The van der Waals surface area contributed by atoms with Gasteiger partial charge in [-0.05, 0) is 35.7 Å². The van der Waals surface area contributed by atoms with Crippen LogP contribution >= 0.6 is 23.2 Å². The SMILES string of the molecule is COc1cc(CCC(=O)NCc2ccc(Cl)cc2)c(Cl)cc1O. The maximum atomic E-state index is 11.9. The molecule has 23 heavy (non-hydrogen) atoms. The lowest BCUT2D eigenvalue weighted by molar-refractivity contribution is -0.121. The average Bonchev–Trinajstić information content (AvgIpc) is 2.53. The normalized spacial score (nSPS) is 10.4. The number of nitrogens with one attached hydrogen (secondary N) is 1. The third kappa shape index (κ3) is 5.05. The fraction of sp³-hybridized carbons (Fsp3) is 0.235. The second-order valence-electron chi connectivity index (χ2n) is 5.02. The number of rotatable bonds is 6. The van der Waals surface area contributed by atoms with E-state index in [1.54, 1.807) is 18.2 Å². The number of carbonyl (C=O) groups excluding carboxylic acids is 1. The Balaban J connectivity index is 1.88. The van der Waals surface area contributed by atoms with Crippen molar-refractivity contribution < 1.29 is 14.6 Å². The molecule has 0 radical (unpaired) electrons. The summed E-state index contributed by atoms with van der Waals surface area (Å²) in [6, 6.07) is 10.4. The quantitative estimate of drug-likeness (QED) is 0.826. The standard InChI is InChI=1S/C17H17Cl2NO3/c1-23-16-8-12(14(19)9-15(16)21)4-7-17(22)20-10-11-2-5-13(18)6-3-11/h2-3,5-6,8-9,21H,4,7,10H2,1H3,(H,20,22). The molecule has 0 saturated heterocycles. The summed E-state index contributed by atoms with van der Waals surface area (Å²) in [6.45, 7) is 0.447. The van der Waals surface area contributed by atoms with Crippen molar-refractivity contribution in [2.24, 2.45) is 0 Å². The summed E-state index contributed by atoms with van der Waals surface area (Å²) in [7, 11) is 1.46. The van der Waals surface area contributed by atoms with Crippen LogP contribution in [0.25, 0.3) is 0 Å². The lowest BCUT2D eigenvalue weighted by atomic mass is 10.1. The monoisotopic (exact) mass is 353 g/mol. The van der Waals surface area contributed by atoms with Gasteiger partial charge in [-0.3, -0.25) is 4.79 Å². The zero-order chi connectivity index (χ0) is 16.8. The predicted octanol–water partition coefficient (Wildman–Crippen LogP) is 3.96. The summed E-state index contributed by atoms with van der Waals surface area (Å²) in [5.41, 5.74) is 1.73. The molecule has 0 spiro atoms. The molecule has 2 aromatic rings. The van der Waals surface area contributed by atoms with E-state index in [0.29, 0.717) is 35.2 Å². The molecule has 6 heteroatoms. The molecule has 0 aromatic heterocycles. The summed E-state index contributed by atoms with van der Waals surface area (Å²) < 4.78 is 5.04. The predicted molar refractivity (Wildman–Crippen MR) is 91.3 cm³/mol. The van der Waals surface area contributed by atoms with Crippen molar-refractivity contribution in [1.29, 1.82) is 0 Å². The molecule has 0 saturated carbocycles. The highest BCUT2D eigenvalue weighted by Gasteiger charge is 2.10. The number of carbonyl (C=O) groups is 1. The second-order valence-corrected chi connectivity index (χ2v) is 5.86. The number of aromatic hydroxyl groups is 1. The molecular weight excluding hydrogens is 337 g/mol. The van der Waals surface area contributed by atoms with Crippen molar-refractivity contribution in [3.8, 4) is 11.5 Å². The van der Waals surface area contributed by atoms with Gasteiger partial charge in [0, 0.05) is 29.1 Å². The minimum Gasteiger partial charge on any atom is -0.504 e. The van der Waals surface area contributed by atoms with Crippen LogP contribution in [0, 0.1) is 0 Å². The average molecular weight is 354 g/mol. The van der Waals surface area contributed by atoms with Gasteiger partial charge in [0.1, 0.15) is 0 Å². The van der Waals surface area contributed by atoms with Gasteiger partial charge in [0.25, 0.3) is 0 Å². The van der Waals surface area contributed by atoms with E-state index in [4.69, 9.17) is 27.9 Å². The van der Waals surface area contributed by atoms with E-state index in [2.05, 4.69) is 5.32 Å². The molecule has 0 aliphatic rings. The maximum Gasteiger partial charge on any atom is 0.220 e. The van der Waals surface area contributed by atoms with Crippen LogP contribution in [0.3, 0.4) is 0 Å². The van der Waals surface area contributed by atoms with Gasteiger partial charge in [0.2, 0.25) is 5.91 Å². The van der Waals surface area contributed by atoms with Gasteiger partial charge < -0.3 is 15.2 Å². The summed E-state index contributed by atoms with van der Waals surface area (Å²) in [5, 5.41) is 13.5. The first kappa shape index (κ1) is 17.4. The summed E-state index contributed by atoms with van der Waals surface area (Å²) in [4.78, 5) is 11.9. The first-order valence-electron chi connectivity index (χ1n) is 7.06. The molecule has 0 atom stereocenters. The van der Waals surface area contributed by atoms with Gasteiger partial charge in [-0.15, -0.1) is 0 Å². The number of methoxy groups -OCH3 is 1. The van der Waals surface area contributed by atoms with Crippen LogP contribution in [0.4, 0.5) is 0 Å². The Morgan fingerprint density at radius 1 is 1.22 bits per heavy atom. The number of phenols is 1. The number of hydrogen-bond donors (Lipinski definition) is 2. The summed E-state index contributed by atoms with van der Waals surface area (Å²) >= 11 is 11.9. The smallest absolute Gasteiger partial charge is 0.220 e. The van der Waals surface area contributed by atoms with Crippen molar-refractivity contribution in [3.05, 3.63) is 57.6 Å². The molecule has 0 unspecified atom stereocenters. The molecular formula is C17H17Cl2NO3. The molecule has 0 heterocycles. The molecule has 1 amide bonds. The molecule has 0 aliphatic heterocycles. The van der Waals surface area contributed by atoms with E-state index < -0.39 is 0 Å². The highest BCUT2D eigenvalue weighted by atomic mass is 35.5. The minimum atomic E-state index is -0.0805. The number of halogens is 2. The van der Waals surface area contributed by atoms with E-state index in [1.807, 2.05) is 12.1 Å². The van der Waals surface area contributed by atoms with Gasteiger partial charge >= 0.3 is 0 Å². The first-order valence-corrected chi connectivity index (χ1v) is 7.81. The molecule has 0 fully saturated rings. The van der Waals surface area contributed by atoms with Crippen LogP contribution in [0.2, 0.25) is 10.0 Å². The molecule has 2 N–H and O–H groups in total. The lowest BCUT2D eigenvalue weighted by Gasteiger charge is -2.10. The fourth-order valence-corrected chi connectivity index (χ4v) is 2.46. The van der Waals surface area contributed by atoms with Gasteiger partial charge in [-0.25, -0.2) is 0 Å². The largest absolute Gasteiger partial charge is 0.504 e. The van der Waals surface area contributed by atoms with Gasteiger partial charge in [-0.2, -0.15) is 0 Å². The van der Waals surface area contributed by atoms with Crippen molar-refractivity contribution in [1.82, 2.24) is 5.32 Å². The van der Waals surface area contributed by atoms with Crippen molar-refractivity contribution in [2.45, 2.75) is 19.4 Å². The maximum absolute atomic E-state index is 11.9. The highest BCUT2D eigenvalue weighted by molar-refractivity contribution is 6.31. The number of hydrogen-bond acceptors (Lipinski definition) is 3. The van der Waals surface area contributed by atoms with E-state index in [-0.39, 0.29) is 11.7 Å². The Morgan fingerprint density at radius 3 is 2.57 bits per heavy atom. The van der Waals surface area contributed by atoms with Crippen molar-refractivity contribution in [3.63, 3.8) is 0 Å². The first-order chi connectivity index (χ1) is 11.0. The van der Waals surface area contributed by atoms with Crippen LogP contribution in [0.15, 0.2) is 36.4 Å². The lowest BCUT2D eigenvalue weighted by Crippen LogP contribution is -2.23. The van der Waals surface area contributed by atoms with Gasteiger partial charge in [0.05, 0.1) is 7.11 Å². The third-order valence-corrected chi connectivity index (χ3v) is 3.98. The van der Waals surface area contributed by atoms with E-state index in [9.17, 15) is 9.90 Å². The molecule has 0 aliphatic carbocycles. The minimum absolute atomic E-state index is 0.0200. The second kappa shape index (κ2) is 8.09. The van der Waals surface area contributed by atoms with Crippen LogP contribution in [-0.4, -0.2) is 18.1 Å². The van der Waals surface area contributed by atoms with Gasteiger partial charge in [-0.1, -0.05) is 35.3 Å². The Morgan fingerprint density at radius 2 is 1.91 bits per heavy atom. The van der Waals surface area contributed by atoms with Crippen molar-refractivity contribution in [2.75, 3.05) is 7.11 Å². The number of amides is 1. The van der Waals surface area contributed by atoms with Crippen molar-refractivity contribution >= 4 is 29.1 Å². The number of ether oxygens (including phenoxy) is 1. The summed E-state index contributed by atoms with van der Waals surface area (Å²) in [6.07, 6.45) is 0.753. The molecule has 122 valence electrons. The van der Waals surface area contributed by atoms with E-state index in [0.717, 1.165) is 11.1 Å². The Kier molecular flexibility index (Phi) is 6.13. The molecule has 4 nitrogen and oxygen atoms in total. The zero-order valence-electron chi connectivity index (χ0n) is 12.6. The van der Waals surface area contributed by atoms with Crippen LogP contribution in [0.5, 0.6) is 11.5 Å². The Bertz CT molecular complexity index is 687. The fourth-order valence-electron chi connectivity index (χ4n) is 2.08. The van der Waals surface area contributed by atoms with E-state index >= 15 is 0 Å². The Labute approximate surface area is 145 Å². The van der Waals surface area contributed by atoms with Gasteiger partial charge in [0.15, 0.2) is 11.5 Å².